The van der Waals surface area contributed by atoms with Gasteiger partial charge in [-0.2, -0.15) is 0 Å². The topological polar surface area (TPSA) is 84.9 Å². The average molecular weight is 600 g/mol. The Bertz CT molecular complexity index is 1310. The fourth-order valence-electron chi connectivity index (χ4n) is 3.42. The zero-order valence-electron chi connectivity index (χ0n) is 18.6. The molecule has 0 bridgehead atoms. The number of nitrogens with zero attached hydrogens (tertiary/aromatic N) is 1. The molecule has 4 rings (SSSR count). The van der Waals surface area contributed by atoms with Crippen molar-refractivity contribution >= 4 is 61.5 Å². The predicted molar refractivity (Wildman–Crippen MR) is 139 cm³/mol. The normalized spacial score (nSPS) is 14.8. The molecule has 0 spiro atoms. The molecule has 3 aromatic rings. The molecule has 178 valence electrons. The Morgan fingerprint density at radius 3 is 2.29 bits per heavy atom. The summed E-state index contributed by atoms with van der Waals surface area (Å²) in [5.74, 6) is -0.531. The molecular weight excluding hydrogens is 580 g/mol. The number of urea groups is 1. The van der Waals surface area contributed by atoms with Crippen molar-refractivity contribution in [1.29, 1.82) is 0 Å². The molecule has 1 fully saturated rings. The molecule has 7 nitrogen and oxygen atoms in total. The first-order valence-electron chi connectivity index (χ1n) is 10.7. The van der Waals surface area contributed by atoms with Crippen LogP contribution in [0.2, 0.25) is 0 Å². The molecule has 3 aromatic carbocycles. The van der Waals surface area contributed by atoms with Crippen LogP contribution in [0.1, 0.15) is 18.1 Å². The third kappa shape index (κ3) is 5.63. The van der Waals surface area contributed by atoms with Gasteiger partial charge in [0.2, 0.25) is 0 Å². The summed E-state index contributed by atoms with van der Waals surface area (Å²) in [6, 6.07) is 18.9. The maximum absolute atomic E-state index is 13.2. The van der Waals surface area contributed by atoms with Crippen molar-refractivity contribution in [3.8, 4) is 11.5 Å². The van der Waals surface area contributed by atoms with Gasteiger partial charge in [-0.1, -0.05) is 62.2 Å². The number of hydrogen-bond acceptors (Lipinski definition) is 5. The highest BCUT2D eigenvalue weighted by molar-refractivity contribution is 9.10. The van der Waals surface area contributed by atoms with Crippen molar-refractivity contribution in [3.05, 3.63) is 92.4 Å². The number of ether oxygens (including phenoxy) is 2. The Morgan fingerprint density at radius 1 is 0.914 bits per heavy atom. The van der Waals surface area contributed by atoms with Gasteiger partial charge in [0.15, 0.2) is 11.5 Å². The number of imide groups is 2. The molecule has 1 aliphatic rings. The Labute approximate surface area is 219 Å². The van der Waals surface area contributed by atoms with E-state index in [-0.39, 0.29) is 5.57 Å². The zero-order chi connectivity index (χ0) is 24.9. The van der Waals surface area contributed by atoms with Crippen LogP contribution in [-0.4, -0.2) is 24.5 Å². The van der Waals surface area contributed by atoms with E-state index in [4.69, 9.17) is 9.47 Å². The molecule has 1 N–H and O–H groups in total. The summed E-state index contributed by atoms with van der Waals surface area (Å²) < 4.78 is 13.1. The molecule has 0 atom stereocenters. The molecule has 0 aliphatic carbocycles. The van der Waals surface area contributed by atoms with E-state index in [2.05, 4.69) is 37.2 Å². The van der Waals surface area contributed by atoms with Crippen LogP contribution in [0.5, 0.6) is 11.5 Å². The van der Waals surface area contributed by atoms with Gasteiger partial charge in [-0.3, -0.25) is 14.9 Å². The number of halogens is 2. The van der Waals surface area contributed by atoms with E-state index in [0.717, 1.165) is 14.9 Å². The number of rotatable bonds is 7. The SMILES string of the molecule is CCOc1cc(/C=C2\C(=O)NC(=O)N(c3ccc(Br)cc3)C2=O)c(Br)cc1OCc1ccccc1. The van der Waals surface area contributed by atoms with E-state index in [1.165, 1.54) is 6.08 Å². The molecule has 1 aliphatic heterocycles. The van der Waals surface area contributed by atoms with Crippen LogP contribution in [0, 0.1) is 0 Å². The lowest BCUT2D eigenvalue weighted by atomic mass is 10.1. The quantitative estimate of drug-likeness (QED) is 0.272. The highest BCUT2D eigenvalue weighted by Crippen LogP contribution is 2.36. The van der Waals surface area contributed by atoms with E-state index < -0.39 is 17.8 Å². The van der Waals surface area contributed by atoms with Crippen molar-refractivity contribution in [2.75, 3.05) is 11.5 Å². The minimum absolute atomic E-state index is 0.186. The van der Waals surface area contributed by atoms with E-state index in [0.29, 0.717) is 40.4 Å². The minimum Gasteiger partial charge on any atom is -0.490 e. The minimum atomic E-state index is -0.807. The Kier molecular flexibility index (Phi) is 7.67. The van der Waals surface area contributed by atoms with Crippen molar-refractivity contribution in [2.24, 2.45) is 0 Å². The number of carbonyl (C=O) groups is 3. The van der Waals surface area contributed by atoms with Crippen molar-refractivity contribution in [3.63, 3.8) is 0 Å². The standard InChI is InChI=1S/C26H20Br2N2O5/c1-2-34-22-13-17(21(28)14-23(22)35-15-16-6-4-3-5-7-16)12-20-24(31)29-26(33)30(25(20)32)19-10-8-18(27)9-11-19/h3-14H,2,15H2,1H3,(H,29,31,33)/b20-12+. The number of amides is 4. The number of benzene rings is 3. The zero-order valence-corrected chi connectivity index (χ0v) is 21.8. The summed E-state index contributed by atoms with van der Waals surface area (Å²) in [4.78, 5) is 39.1. The van der Waals surface area contributed by atoms with Gasteiger partial charge in [0, 0.05) is 8.95 Å². The first kappa shape index (κ1) is 24.7. The van der Waals surface area contributed by atoms with Gasteiger partial charge in [0.25, 0.3) is 11.8 Å². The summed E-state index contributed by atoms with van der Waals surface area (Å²) in [6.07, 6.45) is 1.42. The molecule has 0 aromatic heterocycles. The summed E-state index contributed by atoms with van der Waals surface area (Å²) in [6.45, 7) is 2.59. The van der Waals surface area contributed by atoms with Crippen LogP contribution in [0.3, 0.4) is 0 Å². The van der Waals surface area contributed by atoms with E-state index in [1.807, 2.05) is 37.3 Å². The summed E-state index contributed by atoms with van der Waals surface area (Å²) in [5.41, 5.74) is 1.67. The second-order valence-electron chi connectivity index (χ2n) is 7.46. The predicted octanol–water partition coefficient (Wildman–Crippen LogP) is 5.86. The van der Waals surface area contributed by atoms with Gasteiger partial charge in [-0.25, -0.2) is 9.69 Å². The largest absolute Gasteiger partial charge is 0.490 e. The lowest BCUT2D eigenvalue weighted by Crippen LogP contribution is -2.54. The van der Waals surface area contributed by atoms with Crippen LogP contribution in [-0.2, 0) is 16.2 Å². The third-order valence-electron chi connectivity index (χ3n) is 5.09. The molecule has 0 unspecified atom stereocenters. The lowest BCUT2D eigenvalue weighted by molar-refractivity contribution is -0.122. The van der Waals surface area contributed by atoms with Crippen LogP contribution in [0.4, 0.5) is 10.5 Å². The van der Waals surface area contributed by atoms with E-state index in [9.17, 15) is 14.4 Å². The Hall–Kier alpha value is -3.43. The first-order chi connectivity index (χ1) is 16.9. The van der Waals surface area contributed by atoms with Crippen LogP contribution in [0.25, 0.3) is 6.08 Å². The molecule has 1 heterocycles. The Morgan fingerprint density at radius 2 is 1.60 bits per heavy atom. The van der Waals surface area contributed by atoms with Crippen molar-refractivity contribution in [2.45, 2.75) is 13.5 Å². The molecule has 0 saturated carbocycles. The number of carbonyl (C=O) groups excluding carboxylic acids is 3. The maximum atomic E-state index is 13.2. The molecule has 4 amide bonds. The number of anilines is 1. The fourth-order valence-corrected chi connectivity index (χ4v) is 4.12. The molecule has 9 heteroatoms. The van der Waals surface area contributed by atoms with Crippen LogP contribution >= 0.6 is 31.9 Å². The summed E-state index contributed by atoms with van der Waals surface area (Å²) >= 11 is 6.82. The average Bonchev–Trinajstić information content (AvgIpc) is 2.84. The highest BCUT2D eigenvalue weighted by atomic mass is 79.9. The number of nitrogens with one attached hydrogen (secondary N) is 1. The smallest absolute Gasteiger partial charge is 0.335 e. The van der Waals surface area contributed by atoms with Gasteiger partial charge in [-0.05, 0) is 60.5 Å². The summed E-state index contributed by atoms with van der Waals surface area (Å²) in [7, 11) is 0. The van der Waals surface area contributed by atoms with E-state index >= 15 is 0 Å². The van der Waals surface area contributed by atoms with Crippen molar-refractivity contribution < 1.29 is 23.9 Å². The van der Waals surface area contributed by atoms with Gasteiger partial charge >= 0.3 is 6.03 Å². The van der Waals surface area contributed by atoms with Gasteiger partial charge in [0.1, 0.15) is 12.2 Å². The molecular formula is C26H20Br2N2O5. The van der Waals surface area contributed by atoms with Gasteiger partial charge in [0.05, 0.1) is 12.3 Å². The lowest BCUT2D eigenvalue weighted by Gasteiger charge is -2.26. The van der Waals surface area contributed by atoms with Crippen LogP contribution in [0.15, 0.2) is 81.2 Å². The second-order valence-corrected chi connectivity index (χ2v) is 9.23. The Balaban J connectivity index is 1.66. The summed E-state index contributed by atoms with van der Waals surface area (Å²) in [5, 5.41) is 2.23. The molecule has 1 saturated heterocycles. The first-order valence-corrected chi connectivity index (χ1v) is 12.3. The van der Waals surface area contributed by atoms with Crippen LogP contribution < -0.4 is 19.7 Å². The number of hydrogen-bond donors (Lipinski definition) is 1. The fraction of sp³-hybridized carbons (Fsp3) is 0.115. The number of barbiturate groups is 1. The highest BCUT2D eigenvalue weighted by Gasteiger charge is 2.37. The maximum Gasteiger partial charge on any atom is 0.335 e. The van der Waals surface area contributed by atoms with Crippen molar-refractivity contribution in [1.82, 2.24) is 5.32 Å². The third-order valence-corrected chi connectivity index (χ3v) is 6.30. The van der Waals surface area contributed by atoms with Gasteiger partial charge in [-0.15, -0.1) is 0 Å². The second kappa shape index (κ2) is 10.9. The van der Waals surface area contributed by atoms with Gasteiger partial charge < -0.3 is 9.47 Å². The monoisotopic (exact) mass is 598 g/mol. The molecule has 0 radical (unpaired) electrons. The van der Waals surface area contributed by atoms with E-state index in [1.54, 1.807) is 36.4 Å². The molecule has 35 heavy (non-hydrogen) atoms.